The normalized spacial score (nSPS) is 18.0. The molecule has 2 aliphatic heterocycles. The molecule has 0 N–H and O–H groups in total. The Hall–Kier alpha value is -2.59. The number of piperazine rings is 1. The molecule has 0 aliphatic carbocycles. The van der Waals surface area contributed by atoms with Gasteiger partial charge in [0.2, 0.25) is 10.0 Å². The minimum Gasteiger partial charge on any atom is -0.369 e. The number of anilines is 1. The van der Waals surface area contributed by atoms with Gasteiger partial charge in [0.15, 0.2) is 0 Å². The molecule has 1 amide bonds. The Labute approximate surface area is 178 Å². The fraction of sp³-hybridized carbons (Fsp3) is 0.381. The molecular formula is C21H22F3N3O3S. The average molecular weight is 453 g/mol. The third-order valence-electron chi connectivity index (χ3n) is 5.72. The molecule has 0 atom stereocenters. The smallest absolute Gasteiger partial charge is 0.369 e. The number of carbonyl (C=O) groups excluding carboxylic acids is 1. The van der Waals surface area contributed by atoms with E-state index in [0.717, 1.165) is 16.2 Å². The van der Waals surface area contributed by atoms with Crippen molar-refractivity contribution in [3.63, 3.8) is 0 Å². The zero-order chi connectivity index (χ0) is 22.2. The highest BCUT2D eigenvalue weighted by Gasteiger charge is 2.43. The van der Waals surface area contributed by atoms with Gasteiger partial charge in [-0.3, -0.25) is 4.79 Å². The Balaban J connectivity index is 1.49. The van der Waals surface area contributed by atoms with Gasteiger partial charge in [-0.25, -0.2) is 8.42 Å². The zero-order valence-corrected chi connectivity index (χ0v) is 17.5. The maximum absolute atomic E-state index is 13.1. The summed E-state index contributed by atoms with van der Waals surface area (Å²) in [6, 6.07) is 14.3. The highest BCUT2D eigenvalue weighted by atomic mass is 32.2. The second-order valence-corrected chi connectivity index (χ2v) is 9.57. The Kier molecular flexibility index (Phi) is 5.69. The summed E-state index contributed by atoms with van der Waals surface area (Å²) in [5, 5.41) is 0. The van der Waals surface area contributed by atoms with E-state index < -0.39 is 22.1 Å². The number of alkyl halides is 3. The molecule has 31 heavy (non-hydrogen) atoms. The lowest BCUT2D eigenvalue weighted by molar-refractivity contribution is -0.186. The lowest BCUT2D eigenvalue weighted by Crippen LogP contribution is -2.48. The highest BCUT2D eigenvalue weighted by molar-refractivity contribution is 7.89. The van der Waals surface area contributed by atoms with Crippen LogP contribution in [0.3, 0.4) is 0 Å². The number of hydrogen-bond donors (Lipinski definition) is 0. The molecule has 166 valence electrons. The van der Waals surface area contributed by atoms with Gasteiger partial charge in [0, 0.05) is 45.0 Å². The maximum Gasteiger partial charge on any atom is 0.471 e. The van der Waals surface area contributed by atoms with Crippen LogP contribution in [0.4, 0.5) is 18.9 Å². The van der Waals surface area contributed by atoms with Crippen LogP contribution in [0.25, 0.3) is 0 Å². The van der Waals surface area contributed by atoms with E-state index in [9.17, 15) is 26.4 Å². The Morgan fingerprint density at radius 2 is 1.55 bits per heavy atom. The van der Waals surface area contributed by atoms with Crippen LogP contribution < -0.4 is 4.90 Å². The van der Waals surface area contributed by atoms with E-state index in [2.05, 4.69) is 4.90 Å². The number of hydrogen-bond acceptors (Lipinski definition) is 4. The van der Waals surface area contributed by atoms with Crippen LogP contribution >= 0.6 is 0 Å². The quantitative estimate of drug-likeness (QED) is 0.717. The van der Waals surface area contributed by atoms with Gasteiger partial charge in [0.25, 0.3) is 0 Å². The number of para-hydroxylation sites is 1. The summed E-state index contributed by atoms with van der Waals surface area (Å²) < 4.78 is 66.0. The van der Waals surface area contributed by atoms with E-state index >= 15 is 0 Å². The van der Waals surface area contributed by atoms with Crippen molar-refractivity contribution < 1.29 is 26.4 Å². The third-order valence-corrected chi connectivity index (χ3v) is 7.61. The van der Waals surface area contributed by atoms with E-state index in [0.29, 0.717) is 31.7 Å². The zero-order valence-electron chi connectivity index (χ0n) is 16.7. The first-order valence-corrected chi connectivity index (χ1v) is 11.4. The number of nitrogens with zero attached hydrogens (tertiary/aromatic N) is 3. The molecule has 2 aromatic carbocycles. The van der Waals surface area contributed by atoms with Crippen molar-refractivity contribution in [1.82, 2.24) is 9.21 Å². The Morgan fingerprint density at radius 1 is 0.871 bits per heavy atom. The van der Waals surface area contributed by atoms with E-state index in [-0.39, 0.29) is 24.4 Å². The van der Waals surface area contributed by atoms with Gasteiger partial charge >= 0.3 is 12.1 Å². The molecule has 0 saturated carbocycles. The van der Waals surface area contributed by atoms with Crippen molar-refractivity contribution in [2.24, 2.45) is 0 Å². The van der Waals surface area contributed by atoms with Gasteiger partial charge in [0.05, 0.1) is 4.90 Å². The Morgan fingerprint density at radius 3 is 2.19 bits per heavy atom. The van der Waals surface area contributed by atoms with Crippen LogP contribution in [0.2, 0.25) is 0 Å². The largest absolute Gasteiger partial charge is 0.471 e. The standard InChI is InChI=1S/C21H22F3N3O3S/c22-21(23,24)20(28)26-9-8-16-6-7-19(14-17(16)15-26)31(29,30)27-12-10-25(11-13-27)18-4-2-1-3-5-18/h1-7,14H,8-13,15H2. The fourth-order valence-electron chi connectivity index (χ4n) is 4.02. The van der Waals surface area contributed by atoms with Gasteiger partial charge in [-0.2, -0.15) is 17.5 Å². The molecule has 0 unspecified atom stereocenters. The molecule has 2 aromatic rings. The summed E-state index contributed by atoms with van der Waals surface area (Å²) in [5.41, 5.74) is 2.23. The van der Waals surface area contributed by atoms with Gasteiger partial charge < -0.3 is 9.80 Å². The molecule has 0 radical (unpaired) electrons. The van der Waals surface area contributed by atoms with Crippen LogP contribution in [0.5, 0.6) is 0 Å². The van der Waals surface area contributed by atoms with Gasteiger partial charge in [-0.1, -0.05) is 24.3 Å². The van der Waals surface area contributed by atoms with E-state index in [4.69, 9.17) is 0 Å². The molecule has 1 saturated heterocycles. The minimum absolute atomic E-state index is 0.0423. The highest BCUT2D eigenvalue weighted by Crippen LogP contribution is 2.28. The first kappa shape index (κ1) is 21.6. The van der Waals surface area contributed by atoms with E-state index in [1.54, 1.807) is 6.07 Å². The van der Waals surface area contributed by atoms with Gasteiger partial charge in [-0.05, 0) is 41.8 Å². The summed E-state index contributed by atoms with van der Waals surface area (Å²) in [6.45, 7) is 1.42. The van der Waals surface area contributed by atoms with Crippen molar-refractivity contribution in [3.05, 3.63) is 59.7 Å². The monoisotopic (exact) mass is 453 g/mol. The number of amides is 1. The van der Waals surface area contributed by atoms with Crippen molar-refractivity contribution in [2.45, 2.75) is 24.0 Å². The number of halogens is 3. The number of sulfonamides is 1. The topological polar surface area (TPSA) is 60.9 Å². The van der Waals surface area contributed by atoms with Crippen LogP contribution in [-0.4, -0.2) is 62.4 Å². The molecule has 4 rings (SSSR count). The predicted octanol–water partition coefficient (Wildman–Crippen LogP) is 2.64. The number of carbonyl (C=O) groups is 1. The molecule has 2 aliphatic rings. The summed E-state index contributed by atoms with van der Waals surface area (Å²) in [6.07, 6.45) is -4.69. The average Bonchev–Trinajstić information content (AvgIpc) is 2.78. The maximum atomic E-state index is 13.1. The molecule has 0 bridgehead atoms. The molecule has 10 heteroatoms. The molecule has 2 heterocycles. The second kappa shape index (κ2) is 8.16. The van der Waals surface area contributed by atoms with Gasteiger partial charge in [0.1, 0.15) is 0 Å². The molecule has 0 aromatic heterocycles. The lowest BCUT2D eigenvalue weighted by Gasteiger charge is -2.35. The van der Waals surface area contributed by atoms with Crippen LogP contribution in [-0.2, 0) is 27.8 Å². The van der Waals surface area contributed by atoms with Crippen molar-refractivity contribution in [3.8, 4) is 0 Å². The Bertz CT molecular complexity index is 1070. The predicted molar refractivity (Wildman–Crippen MR) is 109 cm³/mol. The van der Waals surface area contributed by atoms with Gasteiger partial charge in [-0.15, -0.1) is 0 Å². The number of rotatable bonds is 3. The molecular weight excluding hydrogens is 431 g/mol. The van der Waals surface area contributed by atoms with Crippen LogP contribution in [0, 0.1) is 0 Å². The summed E-state index contributed by atoms with van der Waals surface area (Å²) in [5.74, 6) is -1.90. The summed E-state index contributed by atoms with van der Waals surface area (Å²) in [7, 11) is -3.79. The number of benzene rings is 2. The van der Waals surface area contributed by atoms with Crippen LogP contribution in [0.15, 0.2) is 53.4 Å². The summed E-state index contributed by atoms with van der Waals surface area (Å²) >= 11 is 0. The van der Waals surface area contributed by atoms with Crippen LogP contribution in [0.1, 0.15) is 11.1 Å². The molecule has 0 spiro atoms. The third kappa shape index (κ3) is 4.40. The van der Waals surface area contributed by atoms with E-state index in [1.165, 1.54) is 16.4 Å². The SMILES string of the molecule is O=C(N1CCc2ccc(S(=O)(=O)N3CCN(c4ccccc4)CC3)cc2C1)C(F)(F)F. The molecule has 6 nitrogen and oxygen atoms in total. The van der Waals surface area contributed by atoms with E-state index in [1.807, 2.05) is 30.3 Å². The lowest BCUT2D eigenvalue weighted by atomic mass is 10.00. The summed E-state index contributed by atoms with van der Waals surface area (Å²) in [4.78, 5) is 14.4. The second-order valence-electron chi connectivity index (χ2n) is 7.63. The molecule has 1 fully saturated rings. The van der Waals surface area contributed by atoms with Crippen molar-refractivity contribution >= 4 is 21.6 Å². The number of fused-ring (bicyclic) bond motifs is 1. The minimum atomic E-state index is -4.94. The van der Waals surface area contributed by atoms with Crippen molar-refractivity contribution in [2.75, 3.05) is 37.6 Å². The van der Waals surface area contributed by atoms with Crippen molar-refractivity contribution in [1.29, 1.82) is 0 Å². The first-order valence-electron chi connectivity index (χ1n) is 9.94. The first-order chi connectivity index (χ1) is 14.7. The fourth-order valence-corrected chi connectivity index (χ4v) is 5.49.